The summed E-state index contributed by atoms with van der Waals surface area (Å²) >= 11 is 0. The van der Waals surface area contributed by atoms with Gasteiger partial charge in [-0.3, -0.25) is 4.79 Å². The number of aliphatic hydroxyl groups is 8. The third-order valence-electron chi connectivity index (χ3n) is 20.5. The number of nitrogens with one attached hydrogen (secondary N) is 1. The lowest BCUT2D eigenvalue weighted by atomic mass is 9.97. The van der Waals surface area contributed by atoms with Gasteiger partial charge in [-0.15, -0.1) is 0 Å². The fourth-order valence-corrected chi connectivity index (χ4v) is 13.8. The molecule has 14 nitrogen and oxygen atoms in total. The highest BCUT2D eigenvalue weighted by Crippen LogP contribution is 2.30. The average molecular weight is 1450 g/mol. The Hall–Kier alpha value is -3.09. The van der Waals surface area contributed by atoms with E-state index in [1.807, 2.05) is 6.08 Å². The SMILES string of the molecule is CC/C=C\C/C=C\C/C=C\C/C=C\C/C=C\C/C=C\C/C=C\CCCCCCCCCCCCCCCCCC(=O)NC(COC1OC(CO)C(OC2OC(CO)C(O)C(O)C2O)C(O)C1O)C(O)/C=C/CCCCCCCCCCCCCCCCCCCCCCCCCCCCCCCC. The second-order valence-electron chi connectivity index (χ2n) is 29.9. The molecule has 12 atom stereocenters. The first-order valence-corrected chi connectivity index (χ1v) is 43.0. The van der Waals surface area contributed by atoms with Gasteiger partial charge in [0.2, 0.25) is 5.91 Å². The van der Waals surface area contributed by atoms with E-state index >= 15 is 0 Å². The zero-order chi connectivity index (χ0) is 74.4. The van der Waals surface area contributed by atoms with Crippen LogP contribution in [0.15, 0.2) is 97.2 Å². The molecule has 0 aromatic heterocycles. The Morgan fingerprint density at radius 3 is 1.03 bits per heavy atom. The van der Waals surface area contributed by atoms with Crippen molar-refractivity contribution < 1.29 is 64.6 Å². The molecular formula is C89H159NO13. The van der Waals surface area contributed by atoms with Gasteiger partial charge in [0.15, 0.2) is 12.6 Å². The molecular weight excluding hydrogens is 1290 g/mol. The van der Waals surface area contributed by atoms with Crippen molar-refractivity contribution >= 4 is 5.91 Å². The third-order valence-corrected chi connectivity index (χ3v) is 20.5. The summed E-state index contributed by atoms with van der Waals surface area (Å²) < 4.78 is 23.0. The molecule has 9 N–H and O–H groups in total. The Morgan fingerprint density at radius 1 is 0.359 bits per heavy atom. The van der Waals surface area contributed by atoms with Crippen LogP contribution in [0.3, 0.4) is 0 Å². The second kappa shape index (κ2) is 71.8. The molecule has 2 rings (SSSR count). The number of amides is 1. The number of rotatable bonds is 72. The van der Waals surface area contributed by atoms with Crippen molar-refractivity contribution in [2.24, 2.45) is 0 Å². The third kappa shape index (κ3) is 54.2. The summed E-state index contributed by atoms with van der Waals surface area (Å²) in [5, 5.41) is 87.8. The Balaban J connectivity index is 1.59. The predicted octanol–water partition coefficient (Wildman–Crippen LogP) is 20.4. The maximum absolute atomic E-state index is 13.4. The summed E-state index contributed by atoms with van der Waals surface area (Å²) in [5.74, 6) is -0.237. The number of allylic oxidation sites excluding steroid dienone is 15. The van der Waals surface area contributed by atoms with Gasteiger partial charge < -0.3 is 65.1 Å². The summed E-state index contributed by atoms with van der Waals surface area (Å²) in [4.78, 5) is 13.4. The van der Waals surface area contributed by atoms with Gasteiger partial charge in [-0.2, -0.15) is 0 Å². The highest BCUT2D eigenvalue weighted by atomic mass is 16.7. The van der Waals surface area contributed by atoms with Crippen LogP contribution in [0.4, 0.5) is 0 Å². The molecule has 0 aromatic rings. The number of hydrogen-bond donors (Lipinski definition) is 9. The Labute approximate surface area is 630 Å². The van der Waals surface area contributed by atoms with Crippen molar-refractivity contribution in [3.63, 3.8) is 0 Å². The molecule has 2 aliphatic rings. The maximum atomic E-state index is 13.4. The van der Waals surface area contributed by atoms with Crippen molar-refractivity contribution in [2.75, 3.05) is 19.8 Å². The summed E-state index contributed by atoms with van der Waals surface area (Å²) in [6.07, 6.45) is 86.4. The minimum absolute atomic E-state index is 0.237. The number of unbranched alkanes of at least 4 members (excludes halogenated alkanes) is 45. The molecule has 0 saturated carbocycles. The molecule has 2 saturated heterocycles. The van der Waals surface area contributed by atoms with Crippen LogP contribution < -0.4 is 5.32 Å². The minimum atomic E-state index is -1.79. The molecule has 0 aromatic carbocycles. The second-order valence-corrected chi connectivity index (χ2v) is 29.9. The van der Waals surface area contributed by atoms with Crippen LogP contribution in [0.2, 0.25) is 0 Å². The Bertz CT molecular complexity index is 2110. The van der Waals surface area contributed by atoms with Gasteiger partial charge in [-0.1, -0.05) is 381 Å². The van der Waals surface area contributed by atoms with Crippen molar-refractivity contribution in [1.82, 2.24) is 5.32 Å². The van der Waals surface area contributed by atoms with E-state index in [-0.39, 0.29) is 18.9 Å². The molecule has 14 heteroatoms. The van der Waals surface area contributed by atoms with E-state index in [9.17, 15) is 45.6 Å². The fraction of sp³-hybridized carbons (Fsp3) is 0.809. The molecule has 598 valence electrons. The quantitative estimate of drug-likeness (QED) is 0.0204. The van der Waals surface area contributed by atoms with E-state index < -0.39 is 86.8 Å². The van der Waals surface area contributed by atoms with E-state index in [0.717, 1.165) is 83.5 Å². The van der Waals surface area contributed by atoms with E-state index in [0.29, 0.717) is 6.42 Å². The lowest BCUT2D eigenvalue weighted by Gasteiger charge is -2.46. The summed E-state index contributed by atoms with van der Waals surface area (Å²) in [7, 11) is 0. The molecule has 2 heterocycles. The van der Waals surface area contributed by atoms with Crippen LogP contribution in [0.25, 0.3) is 0 Å². The molecule has 2 aliphatic heterocycles. The Morgan fingerprint density at radius 2 is 0.670 bits per heavy atom. The smallest absolute Gasteiger partial charge is 0.220 e. The maximum Gasteiger partial charge on any atom is 0.220 e. The van der Waals surface area contributed by atoms with Crippen LogP contribution in [-0.2, 0) is 23.7 Å². The number of ether oxygens (including phenoxy) is 4. The molecule has 103 heavy (non-hydrogen) atoms. The topological polar surface area (TPSA) is 228 Å². The van der Waals surface area contributed by atoms with E-state index in [1.54, 1.807) is 6.08 Å². The number of hydrogen-bond acceptors (Lipinski definition) is 13. The normalized spacial score (nSPS) is 22.0. The predicted molar refractivity (Wildman–Crippen MR) is 429 cm³/mol. The molecule has 12 unspecified atom stereocenters. The van der Waals surface area contributed by atoms with Crippen LogP contribution in [-0.4, -0.2) is 140 Å². The van der Waals surface area contributed by atoms with Crippen molar-refractivity contribution in [2.45, 2.75) is 441 Å². The van der Waals surface area contributed by atoms with Gasteiger partial charge in [-0.25, -0.2) is 0 Å². The first-order valence-electron chi connectivity index (χ1n) is 43.0. The van der Waals surface area contributed by atoms with Crippen LogP contribution >= 0.6 is 0 Å². The lowest BCUT2D eigenvalue weighted by molar-refractivity contribution is -0.359. The summed E-state index contributed by atoms with van der Waals surface area (Å²) in [6.45, 7) is 2.74. The van der Waals surface area contributed by atoms with Gasteiger partial charge in [0.25, 0.3) is 0 Å². The van der Waals surface area contributed by atoms with Crippen molar-refractivity contribution in [3.05, 3.63) is 97.2 Å². The van der Waals surface area contributed by atoms with Gasteiger partial charge in [0.1, 0.15) is 48.8 Å². The number of carbonyl (C=O) groups is 1. The summed E-state index contributed by atoms with van der Waals surface area (Å²) in [5.41, 5.74) is 0. The van der Waals surface area contributed by atoms with E-state index in [2.05, 4.69) is 104 Å². The molecule has 0 bridgehead atoms. The number of carbonyl (C=O) groups excluding carboxylic acids is 1. The van der Waals surface area contributed by atoms with Crippen LogP contribution in [0.5, 0.6) is 0 Å². The minimum Gasteiger partial charge on any atom is -0.394 e. The largest absolute Gasteiger partial charge is 0.394 e. The highest BCUT2D eigenvalue weighted by Gasteiger charge is 2.51. The molecule has 2 fully saturated rings. The highest BCUT2D eigenvalue weighted by molar-refractivity contribution is 5.76. The van der Waals surface area contributed by atoms with Gasteiger partial charge >= 0.3 is 0 Å². The molecule has 0 spiro atoms. The zero-order valence-corrected chi connectivity index (χ0v) is 65.8. The van der Waals surface area contributed by atoms with Crippen molar-refractivity contribution in [1.29, 1.82) is 0 Å². The van der Waals surface area contributed by atoms with Crippen LogP contribution in [0.1, 0.15) is 367 Å². The summed E-state index contributed by atoms with van der Waals surface area (Å²) in [6, 6.07) is -0.922. The standard InChI is InChI=1S/C89H159NO13/c1-3-5-7-9-11-13-15-17-19-21-23-25-27-29-31-33-35-37-38-39-40-41-43-45-47-49-51-53-55-57-59-61-63-65-67-69-71-73-81(94)90-77(76-100-88-86(99)84(97)87(80(75-92)102-88)103-89-85(98)83(96)82(95)79(74-91)101-89)78(93)72-70-68-66-64-62-60-58-56-54-52-50-48-46-44-42-36-34-32-30-28-26-24-22-20-18-16-14-12-10-8-6-4-2/h5,7,11,13,17,19,23,25,29,31,35,37,39-40,70,72,77-80,82-89,91-93,95-99H,3-4,6,8-10,12,14-16,18,20-22,24,26-28,30,32-34,36,38,41-69,71,73-76H2,1-2H3,(H,90,94)/b7-5-,13-11-,19-17-,25-23-,31-29-,37-35-,40-39-,72-70+. The van der Waals surface area contributed by atoms with Gasteiger partial charge in [-0.05, 0) is 77.0 Å². The molecule has 0 radical (unpaired) electrons. The zero-order valence-electron chi connectivity index (χ0n) is 65.8. The van der Waals surface area contributed by atoms with Crippen molar-refractivity contribution in [3.8, 4) is 0 Å². The van der Waals surface area contributed by atoms with Gasteiger partial charge in [0.05, 0.1) is 32.0 Å². The Kier molecular flexibility index (Phi) is 66.9. The average Bonchev–Trinajstić information content (AvgIpc) is 0.791. The first-order chi connectivity index (χ1) is 50.6. The number of aliphatic hydroxyl groups excluding tert-OH is 8. The first kappa shape index (κ1) is 96.0. The van der Waals surface area contributed by atoms with E-state index in [4.69, 9.17) is 18.9 Å². The van der Waals surface area contributed by atoms with Gasteiger partial charge in [0, 0.05) is 6.42 Å². The van der Waals surface area contributed by atoms with E-state index in [1.165, 1.54) is 257 Å². The van der Waals surface area contributed by atoms with Crippen LogP contribution in [0, 0.1) is 0 Å². The fourth-order valence-electron chi connectivity index (χ4n) is 13.8. The monoisotopic (exact) mass is 1450 g/mol. The molecule has 0 aliphatic carbocycles. The lowest BCUT2D eigenvalue weighted by Crippen LogP contribution is -2.65. The molecule has 1 amide bonds.